The molecule has 0 heterocycles. The second kappa shape index (κ2) is 4.84. The zero-order valence-corrected chi connectivity index (χ0v) is 9.30. The highest BCUT2D eigenvalue weighted by molar-refractivity contribution is 6.47. The predicted octanol–water partition coefficient (Wildman–Crippen LogP) is -0.654. The van der Waals surface area contributed by atoms with E-state index in [0.29, 0.717) is 0 Å². The Labute approximate surface area is 93.7 Å². The van der Waals surface area contributed by atoms with Crippen molar-refractivity contribution in [3.05, 3.63) is 0 Å². The molecular formula is C9H15BO6. The van der Waals surface area contributed by atoms with Crippen LogP contribution in [-0.4, -0.2) is 42.3 Å². The fraction of sp³-hybridized carbons (Fsp3) is 0.778. The van der Waals surface area contributed by atoms with Crippen molar-refractivity contribution in [3.8, 4) is 0 Å². The molecule has 0 amide bonds. The molecular weight excluding hydrogens is 215 g/mol. The van der Waals surface area contributed by atoms with Gasteiger partial charge in [-0.2, -0.15) is 0 Å². The van der Waals surface area contributed by atoms with Gasteiger partial charge in [-0.15, -0.1) is 0 Å². The first-order chi connectivity index (χ1) is 7.50. The summed E-state index contributed by atoms with van der Waals surface area (Å²) in [5.74, 6) is -2.32. The van der Waals surface area contributed by atoms with Crippen LogP contribution < -0.4 is 0 Å². The number of rotatable bonds is 5. The van der Waals surface area contributed by atoms with Gasteiger partial charge >= 0.3 is 19.1 Å². The van der Waals surface area contributed by atoms with Crippen LogP contribution in [0.5, 0.6) is 0 Å². The van der Waals surface area contributed by atoms with Gasteiger partial charge in [0.05, 0.1) is 13.2 Å². The molecule has 1 aliphatic rings. The van der Waals surface area contributed by atoms with Crippen LogP contribution in [-0.2, 0) is 19.1 Å². The lowest BCUT2D eigenvalue weighted by molar-refractivity contribution is -0.164. The summed E-state index contributed by atoms with van der Waals surface area (Å²) in [7, 11) is -1.71. The summed E-state index contributed by atoms with van der Waals surface area (Å²) in [6.07, 6.45) is 0.0579. The van der Waals surface area contributed by atoms with E-state index in [1.54, 1.807) is 13.8 Å². The molecule has 0 radical (unpaired) electrons. The maximum Gasteiger partial charge on any atom is 0.456 e. The molecule has 0 aromatic rings. The Morgan fingerprint density at radius 1 is 1.25 bits per heavy atom. The van der Waals surface area contributed by atoms with Gasteiger partial charge in [0.15, 0.2) is 5.41 Å². The van der Waals surface area contributed by atoms with E-state index in [-0.39, 0.29) is 19.6 Å². The van der Waals surface area contributed by atoms with Crippen molar-refractivity contribution in [1.82, 2.24) is 0 Å². The van der Waals surface area contributed by atoms with Crippen molar-refractivity contribution in [1.29, 1.82) is 0 Å². The van der Waals surface area contributed by atoms with Crippen molar-refractivity contribution in [2.45, 2.75) is 26.1 Å². The highest BCUT2D eigenvalue weighted by Gasteiger charge is 2.71. The second-order valence-corrected chi connectivity index (χ2v) is 3.64. The lowest BCUT2D eigenvalue weighted by Crippen LogP contribution is -2.33. The minimum atomic E-state index is -1.71. The molecule has 0 spiro atoms. The summed E-state index contributed by atoms with van der Waals surface area (Å²) in [4.78, 5) is 23.2. The molecule has 1 saturated carbocycles. The summed E-state index contributed by atoms with van der Waals surface area (Å²) < 4.78 is 9.51. The third-order valence-corrected chi connectivity index (χ3v) is 2.65. The van der Waals surface area contributed by atoms with Crippen LogP contribution in [0.1, 0.15) is 20.3 Å². The van der Waals surface area contributed by atoms with E-state index in [1.165, 1.54) is 0 Å². The minimum Gasteiger partial charge on any atom is -0.465 e. The molecule has 1 aliphatic carbocycles. The standard InChI is InChI=1S/C9H15BO6/c1-3-15-7(11)9(8(12)16-4-2)5-6(9)10(13)14/h6,13-14H,3-5H2,1-2H3. The number of esters is 2. The van der Waals surface area contributed by atoms with Gasteiger partial charge in [-0.1, -0.05) is 0 Å². The summed E-state index contributed by atoms with van der Waals surface area (Å²) in [5.41, 5.74) is -1.51. The van der Waals surface area contributed by atoms with Gasteiger partial charge in [0, 0.05) is 5.82 Å². The van der Waals surface area contributed by atoms with Crippen LogP contribution in [0.15, 0.2) is 0 Å². The van der Waals surface area contributed by atoms with Crippen molar-refractivity contribution in [2.75, 3.05) is 13.2 Å². The quantitative estimate of drug-likeness (QED) is 0.370. The molecule has 0 aromatic heterocycles. The van der Waals surface area contributed by atoms with E-state index in [1.807, 2.05) is 0 Å². The summed E-state index contributed by atoms with van der Waals surface area (Å²) in [5, 5.41) is 18.0. The Bertz CT molecular complexity index is 272. The summed E-state index contributed by atoms with van der Waals surface area (Å²) in [6.45, 7) is 3.50. The van der Waals surface area contributed by atoms with Gasteiger partial charge in [0.25, 0.3) is 0 Å². The monoisotopic (exact) mass is 230 g/mol. The predicted molar refractivity (Wildman–Crippen MR) is 54.3 cm³/mol. The Balaban J connectivity index is 2.81. The first kappa shape index (κ1) is 13.0. The van der Waals surface area contributed by atoms with Crippen LogP contribution in [0.2, 0.25) is 5.82 Å². The molecule has 6 nitrogen and oxygen atoms in total. The first-order valence-corrected chi connectivity index (χ1v) is 5.21. The Morgan fingerprint density at radius 3 is 1.94 bits per heavy atom. The van der Waals surface area contributed by atoms with Crippen molar-refractivity contribution < 1.29 is 29.1 Å². The first-order valence-electron chi connectivity index (χ1n) is 5.21. The topological polar surface area (TPSA) is 93.1 Å². The zero-order chi connectivity index (χ0) is 12.3. The van der Waals surface area contributed by atoms with Gasteiger partial charge in [0.2, 0.25) is 0 Å². The highest BCUT2D eigenvalue weighted by Crippen LogP contribution is 2.60. The number of carbonyl (C=O) groups excluding carboxylic acids is 2. The van der Waals surface area contributed by atoms with E-state index >= 15 is 0 Å². The van der Waals surface area contributed by atoms with Crippen LogP contribution >= 0.6 is 0 Å². The van der Waals surface area contributed by atoms with Gasteiger partial charge in [-0.3, -0.25) is 9.59 Å². The third-order valence-electron chi connectivity index (χ3n) is 2.65. The second-order valence-electron chi connectivity index (χ2n) is 3.64. The molecule has 1 unspecified atom stereocenters. The number of hydrogen-bond donors (Lipinski definition) is 2. The van der Waals surface area contributed by atoms with Crippen molar-refractivity contribution >= 4 is 19.1 Å². The highest BCUT2D eigenvalue weighted by atomic mass is 16.6. The van der Waals surface area contributed by atoms with Crippen LogP contribution in [0, 0.1) is 5.41 Å². The maximum atomic E-state index is 11.6. The maximum absolute atomic E-state index is 11.6. The van der Waals surface area contributed by atoms with E-state index in [2.05, 4.69) is 0 Å². The minimum absolute atomic E-state index is 0.0579. The zero-order valence-electron chi connectivity index (χ0n) is 9.30. The normalized spacial score (nSPS) is 21.1. The molecule has 90 valence electrons. The molecule has 16 heavy (non-hydrogen) atoms. The number of hydrogen-bond acceptors (Lipinski definition) is 6. The molecule has 0 aromatic carbocycles. The third kappa shape index (κ3) is 2.05. The van der Waals surface area contributed by atoms with Crippen LogP contribution in [0.4, 0.5) is 0 Å². The van der Waals surface area contributed by atoms with E-state index in [9.17, 15) is 9.59 Å². The molecule has 1 rings (SSSR count). The van der Waals surface area contributed by atoms with E-state index in [4.69, 9.17) is 19.5 Å². The van der Waals surface area contributed by atoms with Gasteiger partial charge < -0.3 is 19.5 Å². The molecule has 0 bridgehead atoms. The largest absolute Gasteiger partial charge is 0.465 e. The van der Waals surface area contributed by atoms with Crippen LogP contribution in [0.25, 0.3) is 0 Å². The van der Waals surface area contributed by atoms with Gasteiger partial charge in [-0.05, 0) is 20.3 Å². The summed E-state index contributed by atoms with van der Waals surface area (Å²) >= 11 is 0. The van der Waals surface area contributed by atoms with Crippen molar-refractivity contribution in [3.63, 3.8) is 0 Å². The molecule has 1 fully saturated rings. The number of carbonyl (C=O) groups is 2. The molecule has 0 saturated heterocycles. The Kier molecular flexibility index (Phi) is 3.93. The molecule has 0 aliphatic heterocycles. The van der Waals surface area contributed by atoms with E-state index < -0.39 is 30.3 Å². The molecule has 1 atom stereocenters. The smallest absolute Gasteiger partial charge is 0.456 e. The molecule has 7 heteroatoms. The van der Waals surface area contributed by atoms with E-state index in [0.717, 1.165) is 0 Å². The average Bonchev–Trinajstić information content (AvgIpc) is 2.94. The van der Waals surface area contributed by atoms with Gasteiger partial charge in [-0.25, -0.2) is 0 Å². The Morgan fingerprint density at radius 2 is 1.69 bits per heavy atom. The lowest BCUT2D eigenvalue weighted by atomic mass is 9.78. The SMILES string of the molecule is CCOC(=O)C1(C(=O)OCC)CC1B(O)O. The fourth-order valence-electron chi connectivity index (χ4n) is 1.72. The lowest BCUT2D eigenvalue weighted by Gasteiger charge is -2.14. The average molecular weight is 230 g/mol. The molecule has 2 N–H and O–H groups in total. The van der Waals surface area contributed by atoms with Gasteiger partial charge in [0.1, 0.15) is 0 Å². The fourth-order valence-corrected chi connectivity index (χ4v) is 1.72. The van der Waals surface area contributed by atoms with Crippen LogP contribution in [0.3, 0.4) is 0 Å². The summed E-state index contributed by atoms with van der Waals surface area (Å²) in [6, 6.07) is 0. The Hall–Kier alpha value is -1.08. The van der Waals surface area contributed by atoms with Crippen molar-refractivity contribution in [2.24, 2.45) is 5.41 Å². The number of ether oxygens (including phenoxy) is 2.